The Balaban J connectivity index is 2.05. The minimum Gasteiger partial charge on any atom is -0.394 e. The van der Waals surface area contributed by atoms with E-state index in [0.29, 0.717) is 0 Å². The summed E-state index contributed by atoms with van der Waals surface area (Å²) < 4.78 is 79.3. The van der Waals surface area contributed by atoms with Crippen LogP contribution >= 0.6 is 0 Å². The Bertz CT molecular complexity index is 906. The molecule has 3 N–H and O–H groups in total. The molecule has 1 amide bonds. The maximum atomic E-state index is 13.2. The standard InChI is InChI=1S/C16H14F6N4O2/c17-15(18,19)9-3-1-2-8(4-9)5-25-6-10(7-27)26-14(25)11(13(23)28)12(24-26)16(20,21)22/h1-4,10,27H,5-7H2,(H2,23,28). The first-order valence-electron chi connectivity index (χ1n) is 7.95. The Morgan fingerprint density at radius 1 is 1.21 bits per heavy atom. The number of aromatic nitrogens is 2. The van der Waals surface area contributed by atoms with Crippen molar-refractivity contribution in [3.63, 3.8) is 0 Å². The number of hydrogen-bond donors (Lipinski definition) is 2. The van der Waals surface area contributed by atoms with Crippen molar-refractivity contribution < 1.29 is 36.2 Å². The van der Waals surface area contributed by atoms with E-state index in [0.717, 1.165) is 16.8 Å². The lowest BCUT2D eigenvalue weighted by atomic mass is 10.1. The predicted molar refractivity (Wildman–Crippen MR) is 84.4 cm³/mol. The van der Waals surface area contributed by atoms with E-state index in [4.69, 9.17) is 5.73 Å². The van der Waals surface area contributed by atoms with E-state index in [-0.39, 0.29) is 24.5 Å². The molecule has 2 aromatic rings. The van der Waals surface area contributed by atoms with Gasteiger partial charge in [-0.25, -0.2) is 4.68 Å². The van der Waals surface area contributed by atoms with Gasteiger partial charge in [0.15, 0.2) is 5.69 Å². The molecule has 0 saturated carbocycles. The molecule has 1 unspecified atom stereocenters. The minimum atomic E-state index is -4.97. The van der Waals surface area contributed by atoms with Gasteiger partial charge in [0.1, 0.15) is 11.4 Å². The molecular weight excluding hydrogens is 394 g/mol. The number of alkyl halides is 6. The highest BCUT2D eigenvalue weighted by molar-refractivity contribution is 5.99. The highest BCUT2D eigenvalue weighted by Gasteiger charge is 2.45. The molecule has 0 aliphatic carbocycles. The molecule has 1 atom stereocenters. The van der Waals surface area contributed by atoms with Crippen molar-refractivity contribution in [1.82, 2.24) is 9.78 Å². The molecule has 1 aliphatic rings. The quantitative estimate of drug-likeness (QED) is 0.762. The number of anilines is 1. The number of carbonyl (C=O) groups excluding carboxylic acids is 1. The van der Waals surface area contributed by atoms with E-state index in [1.54, 1.807) is 0 Å². The summed E-state index contributed by atoms with van der Waals surface area (Å²) in [7, 11) is 0. The van der Waals surface area contributed by atoms with Gasteiger partial charge in [-0.2, -0.15) is 31.4 Å². The summed E-state index contributed by atoms with van der Waals surface area (Å²) in [5.41, 5.74) is 1.99. The summed E-state index contributed by atoms with van der Waals surface area (Å²) in [5, 5.41) is 12.8. The molecule has 1 aromatic carbocycles. The molecule has 152 valence electrons. The largest absolute Gasteiger partial charge is 0.436 e. The molecule has 0 saturated heterocycles. The maximum absolute atomic E-state index is 13.2. The van der Waals surface area contributed by atoms with Crippen LogP contribution in [0.3, 0.4) is 0 Å². The molecule has 0 radical (unpaired) electrons. The van der Waals surface area contributed by atoms with Crippen molar-refractivity contribution in [2.75, 3.05) is 18.1 Å². The number of nitrogens with two attached hydrogens (primary N) is 1. The lowest BCUT2D eigenvalue weighted by Crippen LogP contribution is -2.27. The topological polar surface area (TPSA) is 84.4 Å². The van der Waals surface area contributed by atoms with Gasteiger partial charge in [-0.3, -0.25) is 4.79 Å². The lowest BCUT2D eigenvalue weighted by molar-refractivity contribution is -0.142. The lowest BCUT2D eigenvalue weighted by Gasteiger charge is -2.20. The maximum Gasteiger partial charge on any atom is 0.436 e. The van der Waals surface area contributed by atoms with Crippen LogP contribution in [0.25, 0.3) is 0 Å². The van der Waals surface area contributed by atoms with E-state index < -0.39 is 47.7 Å². The van der Waals surface area contributed by atoms with Crippen molar-refractivity contribution in [2.45, 2.75) is 24.9 Å². The molecule has 1 aliphatic heterocycles. The van der Waals surface area contributed by atoms with Gasteiger partial charge >= 0.3 is 12.4 Å². The second-order valence-corrected chi connectivity index (χ2v) is 6.27. The fourth-order valence-corrected chi connectivity index (χ4v) is 3.17. The molecule has 2 heterocycles. The molecule has 12 heteroatoms. The second kappa shape index (κ2) is 6.69. The third-order valence-corrected chi connectivity index (χ3v) is 4.32. The zero-order chi connectivity index (χ0) is 20.9. The van der Waals surface area contributed by atoms with E-state index in [1.165, 1.54) is 17.0 Å². The number of rotatable bonds is 4. The zero-order valence-corrected chi connectivity index (χ0v) is 14.1. The Kier molecular flexibility index (Phi) is 4.77. The van der Waals surface area contributed by atoms with Crippen molar-refractivity contribution in [3.05, 3.63) is 46.6 Å². The van der Waals surface area contributed by atoms with Crippen LogP contribution in [-0.4, -0.2) is 33.9 Å². The number of halogens is 6. The van der Waals surface area contributed by atoms with Gasteiger partial charge in [0.2, 0.25) is 0 Å². The average Bonchev–Trinajstić information content (AvgIpc) is 3.12. The summed E-state index contributed by atoms with van der Waals surface area (Å²) in [6, 6.07) is 3.36. The summed E-state index contributed by atoms with van der Waals surface area (Å²) in [4.78, 5) is 12.9. The summed E-state index contributed by atoms with van der Waals surface area (Å²) in [5.74, 6) is -1.66. The normalized spacial score (nSPS) is 17.1. The first kappa shape index (κ1) is 20.0. The van der Waals surface area contributed by atoms with Crippen LogP contribution in [-0.2, 0) is 18.9 Å². The van der Waals surface area contributed by atoms with Crippen LogP contribution in [0.4, 0.5) is 32.2 Å². The third-order valence-electron chi connectivity index (χ3n) is 4.32. The fourth-order valence-electron chi connectivity index (χ4n) is 3.17. The van der Waals surface area contributed by atoms with E-state index in [2.05, 4.69) is 5.10 Å². The van der Waals surface area contributed by atoms with Crippen molar-refractivity contribution in [1.29, 1.82) is 0 Å². The minimum absolute atomic E-state index is 0.0481. The van der Waals surface area contributed by atoms with Crippen LogP contribution in [0.2, 0.25) is 0 Å². The summed E-state index contributed by atoms with van der Waals surface area (Å²) >= 11 is 0. The van der Waals surface area contributed by atoms with Crippen LogP contribution in [0.1, 0.15) is 33.2 Å². The fraction of sp³-hybridized carbons (Fsp3) is 0.375. The van der Waals surface area contributed by atoms with Gasteiger partial charge in [-0.05, 0) is 17.7 Å². The van der Waals surface area contributed by atoms with Crippen molar-refractivity contribution in [3.8, 4) is 0 Å². The van der Waals surface area contributed by atoms with Crippen LogP contribution in [0.5, 0.6) is 0 Å². The highest BCUT2D eigenvalue weighted by Crippen LogP contribution is 2.41. The van der Waals surface area contributed by atoms with Gasteiger partial charge in [-0.1, -0.05) is 12.1 Å². The Morgan fingerprint density at radius 3 is 2.43 bits per heavy atom. The molecule has 0 spiro atoms. The van der Waals surface area contributed by atoms with Gasteiger partial charge in [0.05, 0.1) is 18.2 Å². The number of fused-ring (bicyclic) bond motifs is 1. The van der Waals surface area contributed by atoms with Crippen molar-refractivity contribution >= 4 is 11.7 Å². The number of aliphatic hydroxyl groups is 1. The Hall–Kier alpha value is -2.76. The first-order chi connectivity index (χ1) is 12.9. The Labute approximate surface area is 154 Å². The number of carbonyl (C=O) groups is 1. The molecule has 6 nitrogen and oxygen atoms in total. The molecular formula is C16H14F6N4O2. The molecule has 1 aromatic heterocycles. The van der Waals surface area contributed by atoms with Crippen molar-refractivity contribution in [2.24, 2.45) is 5.73 Å². The SMILES string of the molecule is NC(=O)c1c(C(F)(F)F)nn2c1N(Cc1cccc(C(F)(F)F)c1)CC2CO. The highest BCUT2D eigenvalue weighted by atomic mass is 19.4. The second-order valence-electron chi connectivity index (χ2n) is 6.27. The smallest absolute Gasteiger partial charge is 0.394 e. The Morgan fingerprint density at radius 2 is 1.89 bits per heavy atom. The molecule has 3 rings (SSSR count). The first-order valence-corrected chi connectivity index (χ1v) is 7.95. The molecule has 0 fully saturated rings. The summed E-state index contributed by atoms with van der Waals surface area (Å²) in [6.07, 6.45) is -9.55. The van der Waals surface area contributed by atoms with Crippen LogP contribution in [0.15, 0.2) is 24.3 Å². The predicted octanol–water partition coefficient (Wildman–Crippen LogP) is 2.57. The number of benzene rings is 1. The third kappa shape index (κ3) is 3.51. The monoisotopic (exact) mass is 408 g/mol. The number of aliphatic hydroxyl groups excluding tert-OH is 1. The van der Waals surface area contributed by atoms with Gasteiger partial charge in [0, 0.05) is 13.1 Å². The molecule has 0 bridgehead atoms. The number of hydrogen-bond acceptors (Lipinski definition) is 4. The zero-order valence-electron chi connectivity index (χ0n) is 14.1. The molecule has 28 heavy (non-hydrogen) atoms. The van der Waals surface area contributed by atoms with Gasteiger partial charge in [-0.15, -0.1) is 0 Å². The van der Waals surface area contributed by atoms with E-state index in [9.17, 15) is 36.2 Å². The van der Waals surface area contributed by atoms with Gasteiger partial charge < -0.3 is 15.7 Å². The van der Waals surface area contributed by atoms with Gasteiger partial charge in [0.25, 0.3) is 5.91 Å². The number of primary amides is 1. The van der Waals surface area contributed by atoms with Crippen LogP contribution < -0.4 is 10.6 Å². The van der Waals surface area contributed by atoms with E-state index in [1.807, 2.05) is 0 Å². The number of amides is 1. The average molecular weight is 408 g/mol. The summed E-state index contributed by atoms with van der Waals surface area (Å²) in [6.45, 7) is -0.861. The van der Waals surface area contributed by atoms with E-state index >= 15 is 0 Å². The number of nitrogens with zero attached hydrogens (tertiary/aromatic N) is 3. The van der Waals surface area contributed by atoms with Crippen LogP contribution in [0, 0.1) is 0 Å².